The van der Waals surface area contributed by atoms with Crippen molar-refractivity contribution in [2.24, 2.45) is 5.92 Å². The minimum Gasteiger partial charge on any atom is -0.342 e. The molecule has 32 heavy (non-hydrogen) atoms. The number of carbonyl (C=O) groups excluding carboxylic acids is 1. The summed E-state index contributed by atoms with van der Waals surface area (Å²) in [6.07, 6.45) is 5.42. The van der Waals surface area contributed by atoms with Gasteiger partial charge in [-0.3, -0.25) is 4.79 Å². The highest BCUT2D eigenvalue weighted by atomic mass is 35.5. The molecule has 176 valence electrons. The van der Waals surface area contributed by atoms with Gasteiger partial charge in [-0.25, -0.2) is 0 Å². The molecule has 1 unspecified atom stereocenters. The summed E-state index contributed by atoms with van der Waals surface area (Å²) in [4.78, 5) is 15.6. The second-order valence-electron chi connectivity index (χ2n) is 8.69. The summed E-state index contributed by atoms with van der Waals surface area (Å²) in [6.45, 7) is 8.26. The van der Waals surface area contributed by atoms with Crippen LogP contribution in [0.15, 0.2) is 60.7 Å². The number of nitrogens with one attached hydrogen (secondary N) is 2. The predicted molar refractivity (Wildman–Crippen MR) is 137 cm³/mol. The molecule has 2 aromatic carbocycles. The van der Waals surface area contributed by atoms with Crippen LogP contribution >= 0.6 is 12.4 Å². The first-order valence-corrected chi connectivity index (χ1v) is 12.1. The first-order valence-electron chi connectivity index (χ1n) is 12.1. The quantitative estimate of drug-likeness (QED) is 0.456. The van der Waals surface area contributed by atoms with Crippen LogP contribution in [0.2, 0.25) is 0 Å². The summed E-state index contributed by atoms with van der Waals surface area (Å²) in [7, 11) is 0. The van der Waals surface area contributed by atoms with E-state index in [1.54, 1.807) is 0 Å². The Labute approximate surface area is 200 Å². The van der Waals surface area contributed by atoms with E-state index in [1.165, 1.54) is 18.4 Å². The number of nitrogens with zero attached hydrogens (tertiary/aromatic N) is 1. The number of hydrogen-bond donors (Lipinski definition) is 2. The average molecular weight is 458 g/mol. The Balaban J connectivity index is 0.00000363. The molecule has 0 saturated carbocycles. The van der Waals surface area contributed by atoms with Gasteiger partial charge < -0.3 is 15.5 Å². The zero-order valence-electron chi connectivity index (χ0n) is 19.5. The molecule has 1 saturated heterocycles. The number of carbonyl (C=O) groups is 1. The van der Waals surface area contributed by atoms with E-state index in [4.69, 9.17) is 0 Å². The molecular formula is C27H40ClN3O. The van der Waals surface area contributed by atoms with Crippen molar-refractivity contribution in [3.05, 3.63) is 71.8 Å². The summed E-state index contributed by atoms with van der Waals surface area (Å²) in [5.41, 5.74) is 2.34. The van der Waals surface area contributed by atoms with Crippen molar-refractivity contribution in [1.82, 2.24) is 15.5 Å². The molecule has 1 aliphatic rings. The number of benzene rings is 2. The van der Waals surface area contributed by atoms with Gasteiger partial charge >= 0.3 is 0 Å². The second kappa shape index (κ2) is 15.0. The van der Waals surface area contributed by atoms with E-state index in [9.17, 15) is 4.79 Å². The van der Waals surface area contributed by atoms with Crippen LogP contribution in [0.4, 0.5) is 0 Å². The Morgan fingerprint density at radius 2 is 1.53 bits per heavy atom. The normalized spacial score (nSPS) is 15.2. The SMILES string of the molecule is CCNCCCCNCC1CCN(C(=O)C(Cc2ccccc2)c2ccccc2)CC1.Cl. The van der Waals surface area contributed by atoms with Crippen molar-refractivity contribution in [1.29, 1.82) is 0 Å². The largest absolute Gasteiger partial charge is 0.342 e. The van der Waals surface area contributed by atoms with Gasteiger partial charge in [-0.1, -0.05) is 67.6 Å². The molecule has 1 amide bonds. The van der Waals surface area contributed by atoms with Crippen molar-refractivity contribution < 1.29 is 4.79 Å². The van der Waals surface area contributed by atoms with Crippen molar-refractivity contribution in [3.63, 3.8) is 0 Å². The van der Waals surface area contributed by atoms with E-state index in [0.29, 0.717) is 5.92 Å². The zero-order valence-corrected chi connectivity index (χ0v) is 20.3. The maximum absolute atomic E-state index is 13.5. The lowest BCUT2D eigenvalue weighted by Crippen LogP contribution is -2.43. The number of likely N-dealkylation sites (tertiary alicyclic amines) is 1. The molecular weight excluding hydrogens is 418 g/mol. The van der Waals surface area contributed by atoms with Gasteiger partial charge in [0.05, 0.1) is 5.92 Å². The summed E-state index contributed by atoms with van der Waals surface area (Å²) in [5.74, 6) is 0.863. The monoisotopic (exact) mass is 457 g/mol. The third-order valence-corrected chi connectivity index (χ3v) is 6.35. The third-order valence-electron chi connectivity index (χ3n) is 6.35. The second-order valence-corrected chi connectivity index (χ2v) is 8.69. The highest BCUT2D eigenvalue weighted by Crippen LogP contribution is 2.26. The Kier molecular flexibility index (Phi) is 12.4. The first-order chi connectivity index (χ1) is 15.3. The van der Waals surface area contributed by atoms with Crippen molar-refractivity contribution in [2.45, 2.75) is 44.9 Å². The fraction of sp³-hybridized carbons (Fsp3) is 0.519. The van der Waals surface area contributed by atoms with E-state index in [0.717, 1.165) is 64.1 Å². The van der Waals surface area contributed by atoms with Crippen molar-refractivity contribution in [3.8, 4) is 0 Å². The van der Waals surface area contributed by atoms with E-state index in [1.807, 2.05) is 24.3 Å². The smallest absolute Gasteiger partial charge is 0.230 e. The Hall–Kier alpha value is -1.88. The number of hydrogen-bond acceptors (Lipinski definition) is 3. The zero-order chi connectivity index (χ0) is 21.7. The van der Waals surface area contributed by atoms with Gasteiger partial charge in [-0.15, -0.1) is 12.4 Å². The van der Waals surface area contributed by atoms with E-state index < -0.39 is 0 Å². The molecule has 0 radical (unpaired) electrons. The van der Waals surface area contributed by atoms with Crippen LogP contribution in [0.25, 0.3) is 0 Å². The first kappa shape index (κ1) is 26.4. The highest BCUT2D eigenvalue weighted by Gasteiger charge is 2.29. The van der Waals surface area contributed by atoms with Gasteiger partial charge in [-0.2, -0.15) is 0 Å². The molecule has 1 fully saturated rings. The summed E-state index contributed by atoms with van der Waals surface area (Å²) >= 11 is 0. The molecule has 1 aliphatic heterocycles. The number of amides is 1. The van der Waals surface area contributed by atoms with E-state index >= 15 is 0 Å². The maximum atomic E-state index is 13.5. The standard InChI is InChI=1S/C27H39N3O.ClH/c1-2-28-17-9-10-18-29-22-24-15-19-30(20-16-24)27(31)26(25-13-7-4-8-14-25)21-23-11-5-3-6-12-23;/h3-8,11-14,24,26,28-29H,2,9-10,15-22H2,1H3;1H. The van der Waals surface area contributed by atoms with Crippen LogP contribution in [-0.2, 0) is 11.2 Å². The lowest BCUT2D eigenvalue weighted by Gasteiger charge is -2.34. The summed E-state index contributed by atoms with van der Waals surface area (Å²) < 4.78 is 0. The molecule has 1 heterocycles. The van der Waals surface area contributed by atoms with Crippen LogP contribution in [0.5, 0.6) is 0 Å². The lowest BCUT2D eigenvalue weighted by molar-refractivity contribution is -0.134. The highest BCUT2D eigenvalue weighted by molar-refractivity contribution is 5.85. The van der Waals surface area contributed by atoms with Crippen LogP contribution < -0.4 is 10.6 Å². The van der Waals surface area contributed by atoms with Gasteiger partial charge in [0.15, 0.2) is 0 Å². The topological polar surface area (TPSA) is 44.4 Å². The molecule has 0 spiro atoms. The van der Waals surface area contributed by atoms with Crippen LogP contribution in [0.3, 0.4) is 0 Å². The Bertz CT molecular complexity index is 748. The minimum absolute atomic E-state index is 0. The molecule has 0 aromatic heterocycles. The predicted octanol–water partition coefficient (Wildman–Crippen LogP) is 4.65. The van der Waals surface area contributed by atoms with Gasteiger partial charge in [0, 0.05) is 13.1 Å². The van der Waals surface area contributed by atoms with Crippen LogP contribution in [-0.4, -0.2) is 50.1 Å². The molecule has 3 rings (SSSR count). The summed E-state index contributed by atoms with van der Waals surface area (Å²) in [5, 5.41) is 7.00. The molecule has 2 aromatic rings. The van der Waals surface area contributed by atoms with E-state index in [-0.39, 0.29) is 24.2 Å². The van der Waals surface area contributed by atoms with Gasteiger partial charge in [0.25, 0.3) is 0 Å². The van der Waals surface area contributed by atoms with Gasteiger partial charge in [0.1, 0.15) is 0 Å². The maximum Gasteiger partial charge on any atom is 0.230 e. The van der Waals surface area contributed by atoms with Gasteiger partial charge in [0.2, 0.25) is 5.91 Å². The molecule has 0 bridgehead atoms. The van der Waals surface area contributed by atoms with Crippen molar-refractivity contribution in [2.75, 3.05) is 39.3 Å². The molecule has 0 aliphatic carbocycles. The Morgan fingerprint density at radius 1 is 0.938 bits per heavy atom. The molecule has 1 atom stereocenters. The van der Waals surface area contributed by atoms with Crippen LogP contribution in [0.1, 0.15) is 49.7 Å². The molecule has 5 heteroatoms. The third kappa shape index (κ3) is 8.57. The fourth-order valence-corrected chi connectivity index (χ4v) is 4.44. The summed E-state index contributed by atoms with van der Waals surface area (Å²) in [6, 6.07) is 20.7. The average Bonchev–Trinajstić information content (AvgIpc) is 2.83. The van der Waals surface area contributed by atoms with Gasteiger partial charge in [-0.05, 0) is 75.3 Å². The number of piperidine rings is 1. The number of unbranched alkanes of at least 4 members (excludes halogenated alkanes) is 1. The van der Waals surface area contributed by atoms with E-state index in [2.05, 4.69) is 58.9 Å². The molecule has 2 N–H and O–H groups in total. The minimum atomic E-state index is -0.102. The number of halogens is 1. The number of rotatable bonds is 12. The fourth-order valence-electron chi connectivity index (χ4n) is 4.44. The Morgan fingerprint density at radius 3 is 2.16 bits per heavy atom. The molecule has 4 nitrogen and oxygen atoms in total. The van der Waals surface area contributed by atoms with Crippen LogP contribution in [0, 0.1) is 5.92 Å². The van der Waals surface area contributed by atoms with Crippen molar-refractivity contribution >= 4 is 18.3 Å². The lowest BCUT2D eigenvalue weighted by atomic mass is 9.89.